The maximum absolute atomic E-state index is 6.00. The molecule has 0 heterocycles. The van der Waals surface area contributed by atoms with Gasteiger partial charge in [-0.05, 0) is 0 Å². The molecule has 6 heavy (non-hydrogen) atoms. The zero-order chi connectivity index (χ0) is 4.12. The van der Waals surface area contributed by atoms with E-state index in [1.54, 1.807) is 0 Å². The van der Waals surface area contributed by atoms with Crippen LogP contribution in [0.4, 0.5) is 0 Å². The molecule has 0 aromatic rings. The molecule has 0 saturated carbocycles. The molecule has 0 rings (SSSR count). The van der Waals surface area contributed by atoms with Crippen molar-refractivity contribution < 1.29 is 16.8 Å². The molecule has 0 unspecified atom stereocenters. The van der Waals surface area contributed by atoms with E-state index < -0.39 is 0 Å². The number of nitrogens with zero attached hydrogens (tertiary/aromatic N) is 2. The van der Waals surface area contributed by atoms with Crippen molar-refractivity contribution in [2.75, 3.05) is 0 Å². The van der Waals surface area contributed by atoms with Crippen molar-refractivity contribution in [2.45, 2.75) is 0 Å². The topological polar surface area (TPSA) is 74.6 Å². The van der Waals surface area contributed by atoms with Gasteiger partial charge < -0.3 is 5.84 Å². The second-order valence-corrected chi connectivity index (χ2v) is 0.394. The van der Waals surface area contributed by atoms with E-state index in [1.807, 2.05) is 0 Å². The first-order chi connectivity index (χ1) is 2.41. The first-order valence-corrected chi connectivity index (χ1v) is 0.998. The standard InChI is InChI=1S/CH4N4.Co/c2-4-1-5-3;/h1-2H,3H2;. The second-order valence-electron chi connectivity index (χ2n) is 0.394. The summed E-state index contributed by atoms with van der Waals surface area (Å²) >= 11 is 0. The molecule has 0 saturated heterocycles. The maximum Gasteiger partial charge on any atom is 0.156 e. The van der Waals surface area contributed by atoms with Crippen LogP contribution >= 0.6 is 0 Å². The molecule has 0 aromatic heterocycles. The first kappa shape index (κ1) is 9.13. The summed E-state index contributed by atoms with van der Waals surface area (Å²) in [6.07, 6.45) is 0.944. The number of nitrogens with two attached hydrogens (primary N) is 1. The summed E-state index contributed by atoms with van der Waals surface area (Å²) in [5.41, 5.74) is 6.00. The van der Waals surface area contributed by atoms with Gasteiger partial charge in [0.1, 0.15) is 0 Å². The molecule has 0 fully saturated rings. The van der Waals surface area contributed by atoms with E-state index in [-0.39, 0.29) is 16.8 Å². The summed E-state index contributed by atoms with van der Waals surface area (Å²) in [4.78, 5) is 0. The molecule has 0 aliphatic heterocycles. The van der Waals surface area contributed by atoms with Crippen molar-refractivity contribution >= 4 is 6.34 Å². The monoisotopic (exact) mass is 131 g/mol. The van der Waals surface area contributed by atoms with E-state index in [0.29, 0.717) is 0 Å². The Bertz CT molecular complexity index is 49.5. The van der Waals surface area contributed by atoms with Gasteiger partial charge in [-0.2, -0.15) is 5.10 Å². The fraction of sp³-hybridized carbons (Fsp3) is 0. The minimum absolute atomic E-state index is 0. The first-order valence-electron chi connectivity index (χ1n) is 0.998. The van der Waals surface area contributed by atoms with Crippen molar-refractivity contribution in [3.8, 4) is 0 Å². The van der Waals surface area contributed by atoms with Crippen LogP contribution in [0.25, 0.3) is 0 Å². The molecule has 1 radical (unpaired) electrons. The molecule has 0 aliphatic carbocycles. The predicted octanol–water partition coefficient (Wildman–Crippen LogP) is -0.0831. The van der Waals surface area contributed by atoms with E-state index >= 15 is 0 Å². The third-order valence-corrected chi connectivity index (χ3v) is 0.124. The van der Waals surface area contributed by atoms with Crippen LogP contribution in [0.3, 0.4) is 0 Å². The summed E-state index contributed by atoms with van der Waals surface area (Å²) in [5.74, 6) is 4.49. The van der Waals surface area contributed by atoms with Crippen molar-refractivity contribution in [3.63, 3.8) is 0 Å². The van der Waals surface area contributed by atoms with Crippen LogP contribution in [0, 0.1) is 5.53 Å². The van der Waals surface area contributed by atoms with Crippen LogP contribution in [0.1, 0.15) is 0 Å². The van der Waals surface area contributed by atoms with E-state index in [0.717, 1.165) is 6.34 Å². The van der Waals surface area contributed by atoms with Gasteiger partial charge in [-0.25, -0.2) is 5.53 Å². The average Bonchev–Trinajstić information content (AvgIpc) is 1.41. The van der Waals surface area contributed by atoms with Crippen molar-refractivity contribution in [1.82, 2.24) is 0 Å². The Hall–Kier alpha value is -0.424. The molecular weight excluding hydrogens is 127 g/mol. The molecule has 37 valence electrons. The molecule has 0 atom stereocenters. The van der Waals surface area contributed by atoms with Gasteiger partial charge in [-0.3, -0.25) is 0 Å². The Morgan fingerprint density at radius 3 is 2.17 bits per heavy atom. The van der Waals surface area contributed by atoms with Gasteiger partial charge >= 0.3 is 0 Å². The smallest absolute Gasteiger partial charge is 0.156 e. The number of nitrogens with one attached hydrogen (secondary N) is 1. The summed E-state index contributed by atoms with van der Waals surface area (Å²) in [7, 11) is 0. The Labute approximate surface area is 45.5 Å². The Morgan fingerprint density at radius 1 is 1.67 bits per heavy atom. The fourth-order valence-electron chi connectivity index (χ4n) is 0.0333. The molecular formula is CH4CoN4. The van der Waals surface area contributed by atoms with E-state index in [4.69, 9.17) is 5.53 Å². The van der Waals surface area contributed by atoms with Gasteiger partial charge in [0.2, 0.25) is 0 Å². The van der Waals surface area contributed by atoms with Crippen LogP contribution in [-0.2, 0) is 16.8 Å². The van der Waals surface area contributed by atoms with Gasteiger partial charge in [0.25, 0.3) is 0 Å². The Morgan fingerprint density at radius 2 is 2.17 bits per heavy atom. The third-order valence-electron chi connectivity index (χ3n) is 0.124. The summed E-state index contributed by atoms with van der Waals surface area (Å²) in [5, 5.41) is 5.56. The van der Waals surface area contributed by atoms with Crippen LogP contribution in [0.5, 0.6) is 0 Å². The molecule has 0 aromatic carbocycles. The Kier molecular flexibility index (Phi) is 13.4. The normalized spacial score (nSPS) is 7.33. The van der Waals surface area contributed by atoms with E-state index in [2.05, 4.69) is 16.1 Å². The van der Waals surface area contributed by atoms with Gasteiger partial charge in [0, 0.05) is 16.8 Å². The molecule has 0 bridgehead atoms. The molecule has 0 aliphatic rings. The average molecular weight is 131 g/mol. The largest absolute Gasteiger partial charge is 0.322 e. The minimum atomic E-state index is 0. The summed E-state index contributed by atoms with van der Waals surface area (Å²) in [6.45, 7) is 0. The third kappa shape index (κ3) is 9.55. The van der Waals surface area contributed by atoms with Crippen molar-refractivity contribution in [3.05, 3.63) is 0 Å². The molecule has 4 nitrogen and oxygen atoms in total. The zero-order valence-corrected chi connectivity index (χ0v) is 3.92. The summed E-state index contributed by atoms with van der Waals surface area (Å²) < 4.78 is 0. The van der Waals surface area contributed by atoms with Crippen LogP contribution in [0.2, 0.25) is 0 Å². The predicted molar refractivity (Wildman–Crippen MR) is 17.8 cm³/mol. The van der Waals surface area contributed by atoms with Gasteiger partial charge in [-0.1, -0.05) is 0 Å². The second kappa shape index (κ2) is 8.82. The minimum Gasteiger partial charge on any atom is -0.322 e. The Balaban J connectivity index is 0. The van der Waals surface area contributed by atoms with E-state index in [9.17, 15) is 0 Å². The number of hydrazone groups is 1. The van der Waals surface area contributed by atoms with E-state index in [1.165, 1.54) is 0 Å². The number of rotatable bonds is 1. The SMILES string of the molecule is N=NC=NN.[Co]. The molecule has 0 spiro atoms. The number of hydrogen-bond acceptors (Lipinski definition) is 3. The van der Waals surface area contributed by atoms with Gasteiger partial charge in [0.05, 0.1) is 0 Å². The summed E-state index contributed by atoms with van der Waals surface area (Å²) in [6, 6.07) is 0. The maximum atomic E-state index is 6.00. The van der Waals surface area contributed by atoms with Crippen molar-refractivity contribution in [2.24, 2.45) is 16.1 Å². The molecule has 5 heteroatoms. The molecule has 3 N–H and O–H groups in total. The fourth-order valence-corrected chi connectivity index (χ4v) is 0.0333. The molecule has 0 amide bonds. The van der Waals surface area contributed by atoms with Gasteiger partial charge in [-0.15, -0.1) is 5.11 Å². The van der Waals surface area contributed by atoms with Crippen LogP contribution in [-0.4, -0.2) is 6.34 Å². The van der Waals surface area contributed by atoms with Crippen LogP contribution < -0.4 is 5.84 Å². The van der Waals surface area contributed by atoms with Gasteiger partial charge in [0.15, 0.2) is 6.34 Å². The zero-order valence-electron chi connectivity index (χ0n) is 2.88. The van der Waals surface area contributed by atoms with Crippen molar-refractivity contribution in [1.29, 1.82) is 5.53 Å². The number of hydrogen-bond donors (Lipinski definition) is 2. The van der Waals surface area contributed by atoms with Crippen LogP contribution in [0.15, 0.2) is 10.2 Å². The quantitative estimate of drug-likeness (QED) is 0.168.